The number of halogens is 1. The molecule has 0 saturated carbocycles. The standard InChI is InChI=1S/C17H21FN4O/c1-22(2)10-9-20-17(23)16-11-14(7-8-19-16)21-12-13-5-3-4-6-15(13)18/h3-8,11H,9-10,12H2,1-2H3,(H,19,21)(H,20,23). The van der Waals surface area contributed by atoms with Crippen LogP contribution >= 0.6 is 0 Å². The fourth-order valence-electron chi connectivity index (χ4n) is 1.99. The SMILES string of the molecule is CN(C)CCNC(=O)c1cc(NCc2ccccc2F)ccn1. The van der Waals surface area contributed by atoms with E-state index in [2.05, 4.69) is 15.6 Å². The van der Waals surface area contributed by atoms with Gasteiger partial charge in [0.25, 0.3) is 5.91 Å². The number of likely N-dealkylation sites (N-methyl/N-ethyl adjacent to an activating group) is 1. The Morgan fingerprint density at radius 3 is 2.78 bits per heavy atom. The van der Waals surface area contributed by atoms with E-state index in [1.165, 1.54) is 6.07 Å². The van der Waals surface area contributed by atoms with Gasteiger partial charge in [0.1, 0.15) is 11.5 Å². The van der Waals surface area contributed by atoms with E-state index in [0.717, 1.165) is 12.2 Å². The number of aromatic nitrogens is 1. The van der Waals surface area contributed by atoms with Crippen LogP contribution in [0.1, 0.15) is 16.1 Å². The lowest BCUT2D eigenvalue weighted by atomic mass is 10.2. The highest BCUT2D eigenvalue weighted by atomic mass is 19.1. The molecule has 0 aliphatic carbocycles. The van der Waals surface area contributed by atoms with Gasteiger partial charge >= 0.3 is 0 Å². The van der Waals surface area contributed by atoms with Gasteiger partial charge in [-0.1, -0.05) is 18.2 Å². The third-order valence-electron chi connectivity index (χ3n) is 3.28. The van der Waals surface area contributed by atoms with E-state index >= 15 is 0 Å². The molecule has 0 radical (unpaired) electrons. The maximum Gasteiger partial charge on any atom is 0.269 e. The molecule has 0 fully saturated rings. The van der Waals surface area contributed by atoms with E-state index < -0.39 is 0 Å². The summed E-state index contributed by atoms with van der Waals surface area (Å²) in [6.45, 7) is 1.66. The minimum absolute atomic E-state index is 0.221. The molecule has 5 nitrogen and oxygen atoms in total. The zero-order chi connectivity index (χ0) is 16.7. The van der Waals surface area contributed by atoms with Crippen LogP contribution in [0.25, 0.3) is 0 Å². The Balaban J connectivity index is 1.94. The predicted molar refractivity (Wildman–Crippen MR) is 88.9 cm³/mol. The van der Waals surface area contributed by atoms with E-state index in [1.807, 2.05) is 19.0 Å². The summed E-state index contributed by atoms with van der Waals surface area (Å²) in [6, 6.07) is 9.99. The second kappa shape index (κ2) is 8.24. The topological polar surface area (TPSA) is 57.3 Å². The van der Waals surface area contributed by atoms with Crippen molar-refractivity contribution in [2.24, 2.45) is 0 Å². The molecule has 2 N–H and O–H groups in total. The molecule has 122 valence electrons. The summed E-state index contributed by atoms with van der Waals surface area (Å²) in [5, 5.41) is 5.91. The number of carbonyl (C=O) groups excluding carboxylic acids is 1. The van der Waals surface area contributed by atoms with Gasteiger partial charge < -0.3 is 15.5 Å². The summed E-state index contributed by atoms with van der Waals surface area (Å²) in [5.74, 6) is -0.475. The van der Waals surface area contributed by atoms with Crippen molar-refractivity contribution in [1.29, 1.82) is 0 Å². The molecule has 1 amide bonds. The van der Waals surface area contributed by atoms with Crippen LogP contribution in [0.5, 0.6) is 0 Å². The van der Waals surface area contributed by atoms with Crippen LogP contribution in [0.15, 0.2) is 42.6 Å². The van der Waals surface area contributed by atoms with Crippen molar-refractivity contribution in [2.45, 2.75) is 6.54 Å². The van der Waals surface area contributed by atoms with Crippen LogP contribution in [0.2, 0.25) is 0 Å². The highest BCUT2D eigenvalue weighted by Gasteiger charge is 2.08. The lowest BCUT2D eigenvalue weighted by molar-refractivity contribution is 0.0946. The smallest absolute Gasteiger partial charge is 0.269 e. The average molecular weight is 316 g/mol. The molecule has 0 aliphatic rings. The molecule has 0 bridgehead atoms. The minimum Gasteiger partial charge on any atom is -0.381 e. The Morgan fingerprint density at radius 1 is 1.26 bits per heavy atom. The van der Waals surface area contributed by atoms with E-state index in [9.17, 15) is 9.18 Å². The molecule has 2 rings (SSSR count). The summed E-state index contributed by atoms with van der Waals surface area (Å²) < 4.78 is 13.6. The van der Waals surface area contributed by atoms with Crippen LogP contribution in [-0.4, -0.2) is 43.0 Å². The fourth-order valence-corrected chi connectivity index (χ4v) is 1.99. The lowest BCUT2D eigenvalue weighted by Gasteiger charge is -2.11. The molecule has 2 aromatic rings. The second-order valence-electron chi connectivity index (χ2n) is 5.43. The summed E-state index contributed by atoms with van der Waals surface area (Å²) >= 11 is 0. The van der Waals surface area contributed by atoms with Gasteiger partial charge in [0, 0.05) is 37.1 Å². The second-order valence-corrected chi connectivity index (χ2v) is 5.43. The number of nitrogens with zero attached hydrogens (tertiary/aromatic N) is 2. The Hall–Kier alpha value is -2.47. The van der Waals surface area contributed by atoms with E-state index in [0.29, 0.717) is 24.3 Å². The van der Waals surface area contributed by atoms with Crippen molar-refractivity contribution >= 4 is 11.6 Å². The van der Waals surface area contributed by atoms with E-state index in [4.69, 9.17) is 0 Å². The highest BCUT2D eigenvalue weighted by Crippen LogP contribution is 2.12. The third kappa shape index (κ3) is 5.34. The predicted octanol–water partition coefficient (Wildman–Crippen LogP) is 2.12. The normalized spacial score (nSPS) is 10.6. The zero-order valence-electron chi connectivity index (χ0n) is 13.3. The quantitative estimate of drug-likeness (QED) is 0.821. The molecule has 0 atom stereocenters. The Labute approximate surface area is 135 Å². The fraction of sp³-hybridized carbons (Fsp3) is 0.294. The molecular weight excluding hydrogens is 295 g/mol. The van der Waals surface area contributed by atoms with Gasteiger partial charge in [0.15, 0.2) is 0 Å². The van der Waals surface area contributed by atoms with E-state index in [1.54, 1.807) is 36.5 Å². The Kier molecular flexibility index (Phi) is 6.05. The number of hydrogen-bond acceptors (Lipinski definition) is 4. The van der Waals surface area contributed by atoms with Gasteiger partial charge in [-0.2, -0.15) is 0 Å². The molecule has 1 heterocycles. The third-order valence-corrected chi connectivity index (χ3v) is 3.28. The first kappa shape index (κ1) is 16.9. The van der Waals surface area contributed by atoms with Gasteiger partial charge in [-0.15, -0.1) is 0 Å². The number of pyridine rings is 1. The maximum atomic E-state index is 13.6. The molecule has 1 aromatic carbocycles. The van der Waals surface area contributed by atoms with Crippen LogP contribution in [0, 0.1) is 5.82 Å². The molecular formula is C17H21FN4O. The first-order chi connectivity index (χ1) is 11.1. The number of carbonyl (C=O) groups is 1. The first-order valence-corrected chi connectivity index (χ1v) is 7.42. The largest absolute Gasteiger partial charge is 0.381 e. The summed E-state index contributed by atoms with van der Waals surface area (Å²) in [6.07, 6.45) is 1.56. The number of nitrogens with one attached hydrogen (secondary N) is 2. The van der Waals surface area contributed by atoms with Crippen molar-refractivity contribution in [2.75, 3.05) is 32.5 Å². The molecule has 0 spiro atoms. The van der Waals surface area contributed by atoms with Crippen LogP contribution in [0.3, 0.4) is 0 Å². The molecule has 23 heavy (non-hydrogen) atoms. The maximum absolute atomic E-state index is 13.6. The zero-order valence-corrected chi connectivity index (χ0v) is 13.3. The van der Waals surface area contributed by atoms with E-state index in [-0.39, 0.29) is 11.7 Å². The van der Waals surface area contributed by atoms with Crippen LogP contribution in [0.4, 0.5) is 10.1 Å². The monoisotopic (exact) mass is 316 g/mol. The number of amides is 1. The van der Waals surface area contributed by atoms with Crippen molar-refractivity contribution in [3.8, 4) is 0 Å². The minimum atomic E-state index is -0.254. The molecule has 1 aromatic heterocycles. The van der Waals surface area contributed by atoms with Crippen molar-refractivity contribution in [3.63, 3.8) is 0 Å². The Bertz CT molecular complexity index is 661. The summed E-state index contributed by atoms with van der Waals surface area (Å²) in [5.41, 5.74) is 1.63. The highest BCUT2D eigenvalue weighted by molar-refractivity contribution is 5.93. The van der Waals surface area contributed by atoms with Crippen molar-refractivity contribution in [1.82, 2.24) is 15.2 Å². The van der Waals surface area contributed by atoms with Gasteiger partial charge in [-0.25, -0.2) is 4.39 Å². The van der Waals surface area contributed by atoms with Gasteiger partial charge in [-0.3, -0.25) is 9.78 Å². The van der Waals surface area contributed by atoms with Crippen molar-refractivity contribution < 1.29 is 9.18 Å². The van der Waals surface area contributed by atoms with Gasteiger partial charge in [-0.05, 0) is 32.3 Å². The first-order valence-electron chi connectivity index (χ1n) is 7.42. The molecule has 6 heteroatoms. The lowest BCUT2D eigenvalue weighted by Crippen LogP contribution is -2.31. The van der Waals surface area contributed by atoms with Gasteiger partial charge in [0.2, 0.25) is 0 Å². The Morgan fingerprint density at radius 2 is 2.04 bits per heavy atom. The average Bonchev–Trinajstić information content (AvgIpc) is 2.54. The molecule has 0 saturated heterocycles. The number of benzene rings is 1. The number of anilines is 1. The summed E-state index contributed by atoms with van der Waals surface area (Å²) in [4.78, 5) is 18.1. The molecule has 0 unspecified atom stereocenters. The summed E-state index contributed by atoms with van der Waals surface area (Å²) in [7, 11) is 3.88. The van der Waals surface area contributed by atoms with Crippen molar-refractivity contribution in [3.05, 3.63) is 59.7 Å². The number of hydrogen-bond donors (Lipinski definition) is 2. The van der Waals surface area contributed by atoms with Crippen LogP contribution < -0.4 is 10.6 Å². The molecule has 0 aliphatic heterocycles. The van der Waals surface area contributed by atoms with Crippen LogP contribution in [-0.2, 0) is 6.54 Å². The number of rotatable bonds is 7. The van der Waals surface area contributed by atoms with Gasteiger partial charge in [0.05, 0.1) is 0 Å².